The summed E-state index contributed by atoms with van der Waals surface area (Å²) < 4.78 is 4.97. The van der Waals surface area contributed by atoms with E-state index >= 15 is 0 Å². The Morgan fingerprint density at radius 3 is 2.57 bits per heavy atom. The Kier molecular flexibility index (Phi) is 7.39. The van der Waals surface area contributed by atoms with Gasteiger partial charge in [-0.2, -0.15) is 0 Å². The fraction of sp³-hybridized carbons (Fsp3) is 0.263. The predicted molar refractivity (Wildman–Crippen MR) is 109 cm³/mol. The van der Waals surface area contributed by atoms with Gasteiger partial charge in [0.2, 0.25) is 5.91 Å². The second-order valence-corrected chi connectivity index (χ2v) is 7.04. The number of methoxy groups -OCH3 is 1. The highest BCUT2D eigenvalue weighted by atomic mass is 32.2. The highest BCUT2D eigenvalue weighted by Gasteiger charge is 2.16. The standard InChI is InChI=1S/C19H21N3O5S/c1-21(2)19(24)14-6-4-5-7-15(14)20-18(23)12-28-11-13-8-9-17(27-3)16(10-13)22(25)26/h4-10H,11-12H2,1-3H3,(H,20,23). The summed E-state index contributed by atoms with van der Waals surface area (Å²) in [6, 6.07) is 11.5. The van der Waals surface area contributed by atoms with E-state index in [4.69, 9.17) is 4.74 Å². The lowest BCUT2D eigenvalue weighted by Crippen LogP contribution is -2.24. The van der Waals surface area contributed by atoms with Crippen LogP contribution in [0.4, 0.5) is 11.4 Å². The first-order valence-electron chi connectivity index (χ1n) is 8.33. The van der Waals surface area contributed by atoms with Gasteiger partial charge >= 0.3 is 5.69 Å². The quantitative estimate of drug-likeness (QED) is 0.537. The molecule has 0 atom stereocenters. The molecule has 2 aromatic carbocycles. The molecule has 0 radical (unpaired) electrons. The lowest BCUT2D eigenvalue weighted by molar-refractivity contribution is -0.385. The number of nitrogens with zero attached hydrogens (tertiary/aromatic N) is 2. The van der Waals surface area contributed by atoms with Gasteiger partial charge in [0.1, 0.15) is 0 Å². The number of hydrogen-bond donors (Lipinski definition) is 1. The van der Waals surface area contributed by atoms with Gasteiger partial charge in [-0.1, -0.05) is 18.2 Å². The zero-order chi connectivity index (χ0) is 20.7. The highest BCUT2D eigenvalue weighted by molar-refractivity contribution is 7.99. The molecule has 148 valence electrons. The van der Waals surface area contributed by atoms with Crippen molar-refractivity contribution in [1.29, 1.82) is 0 Å². The van der Waals surface area contributed by atoms with Crippen LogP contribution in [-0.4, -0.2) is 48.6 Å². The Hall–Kier alpha value is -3.07. The highest BCUT2D eigenvalue weighted by Crippen LogP contribution is 2.29. The first-order chi connectivity index (χ1) is 13.3. The van der Waals surface area contributed by atoms with Crippen LogP contribution in [0.5, 0.6) is 5.75 Å². The molecule has 0 aliphatic carbocycles. The number of amides is 2. The Labute approximate surface area is 167 Å². The maximum absolute atomic E-state index is 12.2. The summed E-state index contributed by atoms with van der Waals surface area (Å²) in [7, 11) is 4.66. The largest absolute Gasteiger partial charge is 0.490 e. The molecule has 1 N–H and O–H groups in total. The number of para-hydroxylation sites is 1. The monoisotopic (exact) mass is 403 g/mol. The molecular formula is C19H21N3O5S. The second kappa shape index (κ2) is 9.75. The molecular weight excluding hydrogens is 382 g/mol. The fourth-order valence-corrected chi connectivity index (χ4v) is 3.21. The number of benzene rings is 2. The number of anilines is 1. The van der Waals surface area contributed by atoms with E-state index in [1.165, 1.54) is 35.9 Å². The number of ether oxygens (including phenoxy) is 1. The summed E-state index contributed by atoms with van der Waals surface area (Å²) in [5.74, 6) is 0.306. The molecule has 2 aromatic rings. The van der Waals surface area contributed by atoms with Crippen LogP contribution in [0.25, 0.3) is 0 Å². The number of thioether (sulfide) groups is 1. The molecule has 0 aliphatic heterocycles. The minimum Gasteiger partial charge on any atom is -0.490 e. The average Bonchev–Trinajstić information content (AvgIpc) is 2.67. The number of nitro benzene ring substituents is 1. The molecule has 0 saturated heterocycles. The number of hydrogen-bond acceptors (Lipinski definition) is 6. The minimum atomic E-state index is -0.502. The van der Waals surface area contributed by atoms with Crippen LogP contribution in [0, 0.1) is 10.1 Å². The van der Waals surface area contributed by atoms with Gasteiger partial charge < -0.3 is 15.0 Å². The molecule has 2 amide bonds. The third-order valence-corrected chi connectivity index (χ3v) is 4.78. The first-order valence-corrected chi connectivity index (χ1v) is 9.48. The van der Waals surface area contributed by atoms with Crippen LogP contribution in [0.15, 0.2) is 42.5 Å². The van der Waals surface area contributed by atoms with Gasteiger partial charge in [-0.05, 0) is 23.8 Å². The molecule has 0 bridgehead atoms. The average molecular weight is 403 g/mol. The van der Waals surface area contributed by atoms with Crippen molar-refractivity contribution in [3.05, 3.63) is 63.7 Å². The molecule has 28 heavy (non-hydrogen) atoms. The fourth-order valence-electron chi connectivity index (χ4n) is 2.44. The van der Waals surface area contributed by atoms with Crippen molar-refractivity contribution in [2.24, 2.45) is 0 Å². The molecule has 0 unspecified atom stereocenters. The lowest BCUT2D eigenvalue weighted by atomic mass is 10.1. The van der Waals surface area contributed by atoms with Crippen molar-refractivity contribution in [2.75, 3.05) is 32.3 Å². The summed E-state index contributed by atoms with van der Waals surface area (Å²) >= 11 is 1.32. The maximum Gasteiger partial charge on any atom is 0.311 e. The lowest BCUT2D eigenvalue weighted by Gasteiger charge is -2.14. The molecule has 0 aliphatic rings. The Morgan fingerprint density at radius 1 is 1.21 bits per heavy atom. The summed E-state index contributed by atoms with van der Waals surface area (Å²) in [6.45, 7) is 0. The Balaban J connectivity index is 1.97. The van der Waals surface area contributed by atoms with Crippen molar-refractivity contribution in [3.63, 3.8) is 0 Å². The van der Waals surface area contributed by atoms with Gasteiger partial charge in [-0.15, -0.1) is 11.8 Å². The summed E-state index contributed by atoms with van der Waals surface area (Å²) in [5.41, 5.74) is 1.47. The van der Waals surface area contributed by atoms with Crippen LogP contribution in [0.2, 0.25) is 0 Å². The van der Waals surface area contributed by atoms with Crippen molar-refractivity contribution < 1.29 is 19.2 Å². The normalized spacial score (nSPS) is 10.2. The van der Waals surface area contributed by atoms with E-state index in [2.05, 4.69) is 5.32 Å². The van der Waals surface area contributed by atoms with Crippen molar-refractivity contribution in [3.8, 4) is 5.75 Å². The smallest absolute Gasteiger partial charge is 0.311 e. The topological polar surface area (TPSA) is 102 Å². The molecule has 0 fully saturated rings. The Morgan fingerprint density at radius 2 is 1.93 bits per heavy atom. The van der Waals surface area contributed by atoms with Crippen molar-refractivity contribution in [2.45, 2.75) is 5.75 Å². The summed E-state index contributed by atoms with van der Waals surface area (Å²) in [5, 5.41) is 13.8. The van der Waals surface area contributed by atoms with E-state index < -0.39 is 4.92 Å². The van der Waals surface area contributed by atoms with Crippen LogP contribution >= 0.6 is 11.8 Å². The summed E-state index contributed by atoms with van der Waals surface area (Å²) in [4.78, 5) is 36.4. The van der Waals surface area contributed by atoms with E-state index in [0.717, 1.165) is 0 Å². The van der Waals surface area contributed by atoms with Crippen LogP contribution in [0.1, 0.15) is 15.9 Å². The first kappa shape index (κ1) is 21.2. The van der Waals surface area contributed by atoms with E-state index in [1.54, 1.807) is 44.4 Å². The Bertz CT molecular complexity index is 886. The van der Waals surface area contributed by atoms with E-state index in [-0.39, 0.29) is 29.0 Å². The zero-order valence-electron chi connectivity index (χ0n) is 15.8. The van der Waals surface area contributed by atoms with Crippen LogP contribution < -0.4 is 10.1 Å². The third kappa shape index (κ3) is 5.46. The number of carbonyl (C=O) groups excluding carboxylic acids is 2. The molecule has 9 heteroatoms. The minimum absolute atomic E-state index is 0.110. The van der Waals surface area contributed by atoms with Gasteiger partial charge in [0.05, 0.1) is 29.0 Å². The molecule has 0 spiro atoms. The number of nitrogens with one attached hydrogen (secondary N) is 1. The molecule has 0 heterocycles. The molecule has 8 nitrogen and oxygen atoms in total. The number of rotatable bonds is 8. The van der Waals surface area contributed by atoms with E-state index in [0.29, 0.717) is 22.6 Å². The molecule has 0 aromatic heterocycles. The van der Waals surface area contributed by atoms with Gasteiger partial charge in [-0.3, -0.25) is 19.7 Å². The van der Waals surface area contributed by atoms with Gasteiger partial charge in [0.15, 0.2) is 5.75 Å². The summed E-state index contributed by atoms with van der Waals surface area (Å²) in [6.07, 6.45) is 0. The maximum atomic E-state index is 12.2. The van der Waals surface area contributed by atoms with Gasteiger partial charge in [-0.25, -0.2) is 0 Å². The van der Waals surface area contributed by atoms with Crippen LogP contribution in [-0.2, 0) is 10.5 Å². The van der Waals surface area contributed by atoms with Gasteiger partial charge in [0, 0.05) is 25.9 Å². The van der Waals surface area contributed by atoms with E-state index in [1.807, 2.05) is 0 Å². The van der Waals surface area contributed by atoms with Crippen molar-refractivity contribution in [1.82, 2.24) is 4.90 Å². The van der Waals surface area contributed by atoms with Crippen LogP contribution in [0.3, 0.4) is 0 Å². The SMILES string of the molecule is COc1ccc(CSCC(=O)Nc2ccccc2C(=O)N(C)C)cc1[N+](=O)[O-]. The zero-order valence-corrected chi connectivity index (χ0v) is 16.6. The predicted octanol–water partition coefficient (Wildman–Crippen LogP) is 3.18. The number of nitro groups is 1. The molecule has 0 saturated carbocycles. The van der Waals surface area contributed by atoms with Crippen molar-refractivity contribution >= 4 is 35.0 Å². The van der Waals surface area contributed by atoms with E-state index in [9.17, 15) is 19.7 Å². The van der Waals surface area contributed by atoms with Gasteiger partial charge in [0.25, 0.3) is 5.91 Å². The number of carbonyl (C=O) groups is 2. The second-order valence-electron chi connectivity index (χ2n) is 6.05. The molecule has 2 rings (SSSR count). The third-order valence-electron chi connectivity index (χ3n) is 3.78.